The second kappa shape index (κ2) is 8.89. The molecule has 0 N–H and O–H groups in total. The molecule has 0 atom stereocenters. The molecule has 10 heteroatoms. The maximum absolute atomic E-state index is 12.9. The zero-order valence-corrected chi connectivity index (χ0v) is 17.2. The molecular weight excluding hydrogens is 403 g/mol. The Morgan fingerprint density at radius 3 is 2.50 bits per heavy atom. The maximum atomic E-state index is 12.9. The van der Waals surface area contributed by atoms with Crippen molar-refractivity contribution >= 4 is 27.4 Å². The first-order valence-corrected chi connectivity index (χ1v) is 11.2. The van der Waals surface area contributed by atoms with Gasteiger partial charge in [-0.1, -0.05) is 25.6 Å². The first-order chi connectivity index (χ1) is 13.5. The molecular formula is C18H21FN4O3S2. The smallest absolute Gasteiger partial charge is 0.244 e. The lowest BCUT2D eigenvalue weighted by molar-refractivity contribution is 0.343. The molecule has 2 aromatic heterocycles. The molecule has 0 fully saturated rings. The Bertz CT molecular complexity index is 1030. The second-order valence-corrected chi connectivity index (χ2v) is 8.82. The van der Waals surface area contributed by atoms with E-state index in [-0.39, 0.29) is 10.7 Å². The van der Waals surface area contributed by atoms with E-state index in [0.29, 0.717) is 42.0 Å². The topological polar surface area (TPSA) is 76.8 Å². The maximum Gasteiger partial charge on any atom is 0.244 e. The molecule has 28 heavy (non-hydrogen) atoms. The van der Waals surface area contributed by atoms with Crippen molar-refractivity contribution in [2.45, 2.75) is 23.9 Å². The fraction of sp³-hybridized carbons (Fsp3) is 0.333. The van der Waals surface area contributed by atoms with Gasteiger partial charge in [0.05, 0.1) is 11.5 Å². The summed E-state index contributed by atoms with van der Waals surface area (Å²) in [4.78, 5) is 0.202. The van der Waals surface area contributed by atoms with Gasteiger partial charge in [0, 0.05) is 25.0 Å². The Morgan fingerprint density at radius 2 is 1.82 bits per heavy atom. The van der Waals surface area contributed by atoms with Gasteiger partial charge in [-0.2, -0.15) is 4.31 Å². The summed E-state index contributed by atoms with van der Waals surface area (Å²) in [5, 5.41) is 8.78. The minimum absolute atomic E-state index is 0.202. The van der Waals surface area contributed by atoms with Crippen molar-refractivity contribution in [3.8, 4) is 5.75 Å². The summed E-state index contributed by atoms with van der Waals surface area (Å²) in [5.41, 5.74) is 0.570. The van der Waals surface area contributed by atoms with Crippen LogP contribution in [-0.2, 0) is 10.0 Å². The SMILES string of the molecule is CCN(CC)S(=O)(=O)c1ccc2nnc(SCCOc3ccc(F)cc3)n2c1. The van der Waals surface area contributed by atoms with Gasteiger partial charge in [0.1, 0.15) is 11.6 Å². The van der Waals surface area contributed by atoms with Crippen LogP contribution in [-0.4, -0.2) is 52.8 Å². The van der Waals surface area contributed by atoms with Crippen LogP contribution in [0.15, 0.2) is 52.6 Å². The quantitative estimate of drug-likeness (QED) is 0.388. The van der Waals surface area contributed by atoms with Gasteiger partial charge in [-0.15, -0.1) is 10.2 Å². The van der Waals surface area contributed by atoms with Crippen LogP contribution in [0.5, 0.6) is 5.75 Å². The van der Waals surface area contributed by atoms with Crippen molar-refractivity contribution in [1.82, 2.24) is 18.9 Å². The van der Waals surface area contributed by atoms with Gasteiger partial charge in [-0.05, 0) is 36.4 Å². The molecule has 2 heterocycles. The van der Waals surface area contributed by atoms with Gasteiger partial charge in [0.15, 0.2) is 10.8 Å². The molecule has 0 spiro atoms. The van der Waals surface area contributed by atoms with Crippen LogP contribution < -0.4 is 4.74 Å². The van der Waals surface area contributed by atoms with Crippen molar-refractivity contribution < 1.29 is 17.5 Å². The normalized spacial score (nSPS) is 12.0. The van der Waals surface area contributed by atoms with Crippen LogP contribution in [0.2, 0.25) is 0 Å². The molecule has 0 saturated heterocycles. The molecule has 3 aromatic rings. The molecule has 0 saturated carbocycles. The third kappa shape index (κ3) is 4.45. The summed E-state index contributed by atoms with van der Waals surface area (Å²) >= 11 is 1.40. The van der Waals surface area contributed by atoms with Crippen molar-refractivity contribution in [2.24, 2.45) is 0 Å². The summed E-state index contributed by atoms with van der Waals surface area (Å²) in [6, 6.07) is 9.00. The first kappa shape index (κ1) is 20.6. The van der Waals surface area contributed by atoms with Crippen molar-refractivity contribution in [3.05, 3.63) is 48.4 Å². The van der Waals surface area contributed by atoms with Crippen molar-refractivity contribution in [3.63, 3.8) is 0 Å². The fourth-order valence-electron chi connectivity index (χ4n) is 2.64. The third-order valence-electron chi connectivity index (χ3n) is 4.08. The lowest BCUT2D eigenvalue weighted by Gasteiger charge is -2.18. The molecule has 3 rings (SSSR count). The number of pyridine rings is 1. The van der Waals surface area contributed by atoms with Gasteiger partial charge in [-0.3, -0.25) is 4.40 Å². The van der Waals surface area contributed by atoms with Crippen LogP contribution in [0.25, 0.3) is 5.65 Å². The largest absolute Gasteiger partial charge is 0.493 e. The number of sulfonamides is 1. The highest BCUT2D eigenvalue weighted by Crippen LogP contribution is 2.21. The number of benzene rings is 1. The Hall–Kier alpha value is -2.17. The lowest BCUT2D eigenvalue weighted by Crippen LogP contribution is -2.30. The summed E-state index contributed by atoms with van der Waals surface area (Å²) in [5.74, 6) is 0.846. The monoisotopic (exact) mass is 424 g/mol. The molecule has 0 bridgehead atoms. The van der Waals surface area contributed by atoms with Crippen LogP contribution in [0.4, 0.5) is 4.39 Å². The molecule has 0 aliphatic rings. The first-order valence-electron chi connectivity index (χ1n) is 8.81. The number of hydrogen-bond donors (Lipinski definition) is 0. The van der Waals surface area contributed by atoms with Crippen LogP contribution in [0.1, 0.15) is 13.8 Å². The highest BCUT2D eigenvalue weighted by molar-refractivity contribution is 7.99. The molecule has 0 radical (unpaired) electrons. The van der Waals surface area contributed by atoms with Gasteiger partial charge < -0.3 is 4.74 Å². The summed E-state index contributed by atoms with van der Waals surface area (Å²) in [7, 11) is -3.56. The molecule has 1 aromatic carbocycles. The highest BCUT2D eigenvalue weighted by atomic mass is 32.2. The van der Waals surface area contributed by atoms with Gasteiger partial charge >= 0.3 is 0 Å². The Morgan fingerprint density at radius 1 is 1.11 bits per heavy atom. The van der Waals surface area contributed by atoms with Gasteiger partial charge in [0.25, 0.3) is 0 Å². The molecule has 7 nitrogen and oxygen atoms in total. The zero-order chi connectivity index (χ0) is 20.1. The number of rotatable bonds is 9. The summed E-state index contributed by atoms with van der Waals surface area (Å²) in [6.07, 6.45) is 1.55. The zero-order valence-electron chi connectivity index (χ0n) is 15.6. The number of ether oxygens (including phenoxy) is 1. The van der Waals surface area contributed by atoms with E-state index in [1.54, 1.807) is 48.7 Å². The Labute approximate surface area is 167 Å². The Kier molecular flexibility index (Phi) is 6.53. The number of aromatic nitrogens is 3. The predicted octanol–water partition coefficient (Wildman–Crippen LogP) is 3.07. The predicted molar refractivity (Wildman–Crippen MR) is 106 cm³/mol. The average Bonchev–Trinajstić information content (AvgIpc) is 3.09. The van der Waals surface area contributed by atoms with Gasteiger partial charge in [-0.25, -0.2) is 12.8 Å². The molecule has 0 aliphatic carbocycles. The fourth-order valence-corrected chi connectivity index (χ4v) is 4.83. The van der Waals surface area contributed by atoms with Crippen LogP contribution in [0, 0.1) is 5.82 Å². The molecule has 150 valence electrons. The molecule has 0 unspecified atom stereocenters. The van der Waals surface area contributed by atoms with Gasteiger partial charge in [0.2, 0.25) is 10.0 Å². The van der Waals surface area contributed by atoms with E-state index >= 15 is 0 Å². The summed E-state index contributed by atoms with van der Waals surface area (Å²) < 4.78 is 47.0. The lowest BCUT2D eigenvalue weighted by atomic mass is 10.3. The van der Waals surface area contributed by atoms with Crippen molar-refractivity contribution in [2.75, 3.05) is 25.4 Å². The van der Waals surface area contributed by atoms with E-state index < -0.39 is 10.0 Å². The van der Waals surface area contributed by atoms with E-state index in [4.69, 9.17) is 4.74 Å². The highest BCUT2D eigenvalue weighted by Gasteiger charge is 2.22. The standard InChI is InChI=1S/C18H21FN4O3S2/c1-3-22(4-2)28(24,25)16-9-10-17-20-21-18(23(17)13-16)27-12-11-26-15-7-5-14(19)6-8-15/h5-10,13H,3-4,11-12H2,1-2H3. The van der Waals surface area contributed by atoms with Crippen LogP contribution >= 0.6 is 11.8 Å². The average molecular weight is 425 g/mol. The number of halogens is 1. The molecule has 0 amide bonds. The molecule has 0 aliphatic heterocycles. The number of nitrogens with zero attached hydrogens (tertiary/aromatic N) is 4. The number of fused-ring (bicyclic) bond motifs is 1. The van der Waals surface area contributed by atoms with Crippen LogP contribution in [0.3, 0.4) is 0 Å². The van der Waals surface area contributed by atoms with Crippen molar-refractivity contribution in [1.29, 1.82) is 0 Å². The van der Waals surface area contributed by atoms with E-state index in [1.807, 2.05) is 0 Å². The van der Waals surface area contributed by atoms with E-state index in [1.165, 1.54) is 28.2 Å². The minimum Gasteiger partial charge on any atom is -0.493 e. The number of hydrogen-bond acceptors (Lipinski definition) is 6. The third-order valence-corrected chi connectivity index (χ3v) is 7.02. The minimum atomic E-state index is -3.56. The van der Waals surface area contributed by atoms with E-state index in [0.717, 1.165) is 0 Å². The number of thioether (sulfide) groups is 1. The van der Waals surface area contributed by atoms with E-state index in [9.17, 15) is 12.8 Å². The van der Waals surface area contributed by atoms with E-state index in [2.05, 4.69) is 10.2 Å². The second-order valence-electron chi connectivity index (χ2n) is 5.82. The summed E-state index contributed by atoms with van der Waals surface area (Å²) in [6.45, 7) is 4.81. The Balaban J connectivity index is 1.71.